The van der Waals surface area contributed by atoms with Gasteiger partial charge in [-0.15, -0.1) is 0 Å². The molecule has 1 N–H and O–H groups in total. The summed E-state index contributed by atoms with van der Waals surface area (Å²) in [6.07, 6.45) is 5.44. The number of carbonyl (C=O) groups excluding carboxylic acids is 1. The monoisotopic (exact) mass is 310 g/mol. The van der Waals surface area contributed by atoms with Crippen LogP contribution in [0.25, 0.3) is 11.1 Å². The molecule has 0 bridgehead atoms. The quantitative estimate of drug-likeness (QED) is 0.806. The highest BCUT2D eigenvalue weighted by Gasteiger charge is 2.07. The van der Waals surface area contributed by atoms with E-state index in [0.29, 0.717) is 5.82 Å². The van der Waals surface area contributed by atoms with Crippen molar-refractivity contribution in [2.24, 2.45) is 7.05 Å². The molecule has 2 aromatic heterocycles. The van der Waals surface area contributed by atoms with Gasteiger partial charge in [-0.05, 0) is 35.4 Å². The topological polar surface area (TPSA) is 59.8 Å². The standard InChI is InChI=1S/C17H15FN4O/c1-22-11-14(10-20-22)13-6-7-19-16(9-13)21-17(23)8-12-2-4-15(18)5-3-12/h2-7,9-11H,8H2,1H3,(H,19,21,23). The number of carbonyl (C=O) groups is 1. The zero-order valence-corrected chi connectivity index (χ0v) is 12.5. The summed E-state index contributed by atoms with van der Waals surface area (Å²) < 4.78 is 14.6. The maximum atomic E-state index is 12.9. The van der Waals surface area contributed by atoms with Gasteiger partial charge in [-0.2, -0.15) is 5.10 Å². The molecule has 0 aliphatic heterocycles. The molecule has 1 amide bonds. The molecule has 0 atom stereocenters. The third-order valence-electron chi connectivity index (χ3n) is 3.34. The Morgan fingerprint density at radius 3 is 2.70 bits per heavy atom. The molecule has 23 heavy (non-hydrogen) atoms. The summed E-state index contributed by atoms with van der Waals surface area (Å²) in [4.78, 5) is 16.2. The van der Waals surface area contributed by atoms with Gasteiger partial charge in [0.1, 0.15) is 11.6 Å². The lowest BCUT2D eigenvalue weighted by Gasteiger charge is -2.06. The molecule has 0 unspecified atom stereocenters. The molecule has 3 aromatic rings. The van der Waals surface area contributed by atoms with Crippen molar-refractivity contribution in [1.82, 2.24) is 14.8 Å². The first-order valence-corrected chi connectivity index (χ1v) is 7.09. The first-order valence-electron chi connectivity index (χ1n) is 7.09. The number of nitrogens with one attached hydrogen (secondary N) is 1. The number of halogens is 1. The molecule has 0 radical (unpaired) electrons. The average molecular weight is 310 g/mol. The number of nitrogens with zero attached hydrogens (tertiary/aromatic N) is 3. The third-order valence-corrected chi connectivity index (χ3v) is 3.34. The lowest BCUT2D eigenvalue weighted by Crippen LogP contribution is -2.15. The summed E-state index contributed by atoms with van der Waals surface area (Å²) in [6, 6.07) is 9.50. The van der Waals surface area contributed by atoms with Gasteiger partial charge >= 0.3 is 0 Å². The van der Waals surface area contributed by atoms with Crippen molar-refractivity contribution in [1.29, 1.82) is 0 Å². The van der Waals surface area contributed by atoms with Crippen molar-refractivity contribution in [3.8, 4) is 11.1 Å². The number of hydrogen-bond donors (Lipinski definition) is 1. The number of benzene rings is 1. The third kappa shape index (κ3) is 3.79. The average Bonchev–Trinajstić information content (AvgIpc) is 2.96. The van der Waals surface area contributed by atoms with E-state index in [-0.39, 0.29) is 18.1 Å². The highest BCUT2D eigenvalue weighted by atomic mass is 19.1. The Kier molecular flexibility index (Phi) is 4.14. The van der Waals surface area contributed by atoms with Crippen molar-refractivity contribution in [3.63, 3.8) is 0 Å². The predicted octanol–water partition coefficient (Wildman–Crippen LogP) is 2.80. The molecular formula is C17H15FN4O. The molecule has 0 spiro atoms. The number of aryl methyl sites for hydroxylation is 1. The second-order valence-corrected chi connectivity index (χ2v) is 5.18. The summed E-state index contributed by atoms with van der Waals surface area (Å²) in [5.74, 6) is -0.0501. The van der Waals surface area contributed by atoms with Crippen LogP contribution in [0.5, 0.6) is 0 Å². The number of hydrogen-bond acceptors (Lipinski definition) is 3. The fourth-order valence-electron chi connectivity index (χ4n) is 2.22. The molecule has 6 heteroatoms. The Hall–Kier alpha value is -3.02. The smallest absolute Gasteiger partial charge is 0.229 e. The number of pyridine rings is 1. The zero-order valence-electron chi connectivity index (χ0n) is 12.5. The largest absolute Gasteiger partial charge is 0.310 e. The minimum Gasteiger partial charge on any atom is -0.310 e. The molecule has 116 valence electrons. The maximum Gasteiger partial charge on any atom is 0.229 e. The van der Waals surface area contributed by atoms with E-state index >= 15 is 0 Å². The number of amides is 1. The second-order valence-electron chi connectivity index (χ2n) is 5.18. The van der Waals surface area contributed by atoms with Crippen LogP contribution in [0, 0.1) is 5.82 Å². The van der Waals surface area contributed by atoms with Crippen molar-refractivity contribution in [2.75, 3.05) is 5.32 Å². The van der Waals surface area contributed by atoms with Gasteiger partial charge in [0.2, 0.25) is 5.91 Å². The van der Waals surface area contributed by atoms with E-state index in [9.17, 15) is 9.18 Å². The van der Waals surface area contributed by atoms with Gasteiger partial charge in [0.15, 0.2) is 0 Å². The molecule has 0 aliphatic carbocycles. The van der Waals surface area contributed by atoms with E-state index < -0.39 is 0 Å². The lowest BCUT2D eigenvalue weighted by atomic mass is 10.1. The zero-order chi connectivity index (χ0) is 16.2. The molecule has 2 heterocycles. The van der Waals surface area contributed by atoms with E-state index in [1.165, 1.54) is 12.1 Å². The van der Waals surface area contributed by atoms with Crippen molar-refractivity contribution >= 4 is 11.7 Å². The fourth-order valence-corrected chi connectivity index (χ4v) is 2.22. The molecule has 0 fully saturated rings. The van der Waals surface area contributed by atoms with Gasteiger partial charge in [-0.3, -0.25) is 9.48 Å². The number of rotatable bonds is 4. The molecule has 3 rings (SSSR count). The van der Waals surface area contributed by atoms with Crippen LogP contribution < -0.4 is 5.32 Å². The van der Waals surface area contributed by atoms with Crippen molar-refractivity contribution < 1.29 is 9.18 Å². The van der Waals surface area contributed by atoms with Crippen LogP contribution in [-0.2, 0) is 18.3 Å². The van der Waals surface area contributed by atoms with Gasteiger partial charge in [-0.25, -0.2) is 9.37 Å². The van der Waals surface area contributed by atoms with E-state index in [1.807, 2.05) is 19.3 Å². The van der Waals surface area contributed by atoms with E-state index in [0.717, 1.165) is 16.7 Å². The normalized spacial score (nSPS) is 10.5. The Morgan fingerprint density at radius 2 is 2.00 bits per heavy atom. The molecule has 0 saturated heterocycles. The minimum atomic E-state index is -0.319. The first kappa shape index (κ1) is 14.9. The van der Waals surface area contributed by atoms with Crippen molar-refractivity contribution in [3.05, 3.63) is 66.4 Å². The van der Waals surface area contributed by atoms with Crippen LogP contribution in [0.4, 0.5) is 10.2 Å². The Bertz CT molecular complexity index is 827. The Balaban J connectivity index is 1.70. The van der Waals surface area contributed by atoms with Gasteiger partial charge in [0.25, 0.3) is 0 Å². The second kappa shape index (κ2) is 6.39. The van der Waals surface area contributed by atoms with Crippen LogP contribution in [-0.4, -0.2) is 20.7 Å². The highest BCUT2D eigenvalue weighted by Crippen LogP contribution is 2.20. The lowest BCUT2D eigenvalue weighted by molar-refractivity contribution is -0.115. The van der Waals surface area contributed by atoms with Crippen LogP contribution in [0.2, 0.25) is 0 Å². The molecule has 0 saturated carbocycles. The van der Waals surface area contributed by atoms with Crippen molar-refractivity contribution in [2.45, 2.75) is 6.42 Å². The SMILES string of the molecule is Cn1cc(-c2ccnc(NC(=O)Cc3ccc(F)cc3)c2)cn1. The van der Waals surface area contributed by atoms with E-state index in [1.54, 1.807) is 35.3 Å². The highest BCUT2D eigenvalue weighted by molar-refractivity contribution is 5.91. The van der Waals surface area contributed by atoms with Gasteiger partial charge in [0, 0.05) is 25.0 Å². The first-order chi connectivity index (χ1) is 11.1. The van der Waals surface area contributed by atoms with Crippen LogP contribution in [0.1, 0.15) is 5.56 Å². The molecular weight excluding hydrogens is 295 g/mol. The molecule has 0 aliphatic rings. The van der Waals surface area contributed by atoms with Gasteiger partial charge in [-0.1, -0.05) is 12.1 Å². The summed E-state index contributed by atoms with van der Waals surface area (Å²) in [5.41, 5.74) is 2.61. The Labute approximate surface area is 132 Å². The van der Waals surface area contributed by atoms with Gasteiger partial charge < -0.3 is 5.32 Å². The number of anilines is 1. The minimum absolute atomic E-state index is 0.166. The van der Waals surface area contributed by atoms with Crippen LogP contribution >= 0.6 is 0 Å². The van der Waals surface area contributed by atoms with E-state index in [4.69, 9.17) is 0 Å². The van der Waals surface area contributed by atoms with Crippen LogP contribution in [0.15, 0.2) is 55.0 Å². The summed E-state index contributed by atoms with van der Waals surface area (Å²) in [7, 11) is 1.84. The Morgan fingerprint density at radius 1 is 1.22 bits per heavy atom. The number of aromatic nitrogens is 3. The summed E-state index contributed by atoms with van der Waals surface area (Å²) in [6.45, 7) is 0. The fraction of sp³-hybridized carbons (Fsp3) is 0.118. The molecule has 5 nitrogen and oxygen atoms in total. The molecule has 1 aromatic carbocycles. The van der Waals surface area contributed by atoms with Gasteiger partial charge in [0.05, 0.1) is 12.6 Å². The predicted molar refractivity (Wildman–Crippen MR) is 85.2 cm³/mol. The maximum absolute atomic E-state index is 12.9. The van der Waals surface area contributed by atoms with Crippen LogP contribution in [0.3, 0.4) is 0 Å². The summed E-state index contributed by atoms with van der Waals surface area (Å²) in [5, 5.41) is 6.88. The van der Waals surface area contributed by atoms with E-state index in [2.05, 4.69) is 15.4 Å². The summed E-state index contributed by atoms with van der Waals surface area (Å²) >= 11 is 0.